The van der Waals surface area contributed by atoms with E-state index in [0.717, 1.165) is 31.7 Å². The zero-order valence-electron chi connectivity index (χ0n) is 10.8. The zero-order valence-corrected chi connectivity index (χ0v) is 10.8. The third-order valence-corrected chi connectivity index (χ3v) is 3.26. The molecule has 0 bridgehead atoms. The van der Waals surface area contributed by atoms with E-state index < -0.39 is 0 Å². The average molecular weight is 249 g/mol. The Morgan fingerprint density at radius 3 is 2.94 bits per heavy atom. The SMILES string of the molecule is COC(=O)c1ccc(N2CCCC(N)C2)nc1C. The Morgan fingerprint density at radius 2 is 2.33 bits per heavy atom. The number of hydrogen-bond acceptors (Lipinski definition) is 5. The predicted octanol–water partition coefficient (Wildman–Crippen LogP) is 1.10. The van der Waals surface area contributed by atoms with Gasteiger partial charge in [-0.25, -0.2) is 9.78 Å². The molecule has 1 atom stereocenters. The fraction of sp³-hybridized carbons (Fsp3) is 0.538. The fourth-order valence-corrected chi connectivity index (χ4v) is 2.27. The lowest BCUT2D eigenvalue weighted by Gasteiger charge is -2.31. The third kappa shape index (κ3) is 2.61. The highest BCUT2D eigenvalue weighted by Crippen LogP contribution is 2.19. The molecule has 0 amide bonds. The first-order chi connectivity index (χ1) is 8.61. The Labute approximate surface area is 107 Å². The van der Waals surface area contributed by atoms with Crippen molar-refractivity contribution in [2.75, 3.05) is 25.1 Å². The zero-order chi connectivity index (χ0) is 13.1. The molecule has 1 unspecified atom stereocenters. The van der Waals surface area contributed by atoms with Crippen molar-refractivity contribution in [3.05, 3.63) is 23.4 Å². The molecule has 0 radical (unpaired) electrons. The minimum absolute atomic E-state index is 0.209. The fourth-order valence-electron chi connectivity index (χ4n) is 2.27. The van der Waals surface area contributed by atoms with Gasteiger partial charge in [-0.05, 0) is 31.9 Å². The molecule has 0 saturated carbocycles. The Hall–Kier alpha value is -1.62. The molecule has 1 aliphatic rings. The number of esters is 1. The van der Waals surface area contributed by atoms with Gasteiger partial charge in [0.25, 0.3) is 0 Å². The molecular weight excluding hydrogens is 230 g/mol. The highest BCUT2D eigenvalue weighted by Gasteiger charge is 2.19. The van der Waals surface area contributed by atoms with Gasteiger partial charge in [-0.3, -0.25) is 0 Å². The van der Waals surface area contributed by atoms with Gasteiger partial charge in [0.1, 0.15) is 5.82 Å². The number of ether oxygens (including phenoxy) is 1. The normalized spacial score (nSPS) is 19.7. The summed E-state index contributed by atoms with van der Waals surface area (Å²) in [5, 5.41) is 0. The summed E-state index contributed by atoms with van der Waals surface area (Å²) < 4.78 is 4.71. The van der Waals surface area contributed by atoms with Crippen molar-refractivity contribution in [3.63, 3.8) is 0 Å². The molecule has 1 saturated heterocycles. The van der Waals surface area contributed by atoms with Crippen LogP contribution in [0.2, 0.25) is 0 Å². The monoisotopic (exact) mass is 249 g/mol. The molecule has 0 aliphatic carbocycles. The number of aromatic nitrogens is 1. The molecule has 2 rings (SSSR count). The molecule has 2 heterocycles. The van der Waals surface area contributed by atoms with Crippen LogP contribution in [0.15, 0.2) is 12.1 Å². The van der Waals surface area contributed by atoms with Crippen LogP contribution < -0.4 is 10.6 Å². The first-order valence-electron chi connectivity index (χ1n) is 6.18. The van der Waals surface area contributed by atoms with Crippen LogP contribution in [-0.4, -0.2) is 37.2 Å². The number of rotatable bonds is 2. The molecule has 1 aliphatic heterocycles. The number of nitrogens with zero attached hydrogens (tertiary/aromatic N) is 2. The van der Waals surface area contributed by atoms with Crippen LogP contribution in [0.25, 0.3) is 0 Å². The number of pyridine rings is 1. The van der Waals surface area contributed by atoms with E-state index in [1.54, 1.807) is 6.07 Å². The van der Waals surface area contributed by atoms with Gasteiger partial charge < -0.3 is 15.4 Å². The Balaban J connectivity index is 2.20. The van der Waals surface area contributed by atoms with Crippen molar-refractivity contribution in [2.45, 2.75) is 25.8 Å². The van der Waals surface area contributed by atoms with Crippen LogP contribution in [0.3, 0.4) is 0 Å². The highest BCUT2D eigenvalue weighted by atomic mass is 16.5. The lowest BCUT2D eigenvalue weighted by atomic mass is 10.1. The minimum Gasteiger partial charge on any atom is -0.465 e. The van der Waals surface area contributed by atoms with Gasteiger partial charge in [0, 0.05) is 19.1 Å². The van der Waals surface area contributed by atoms with E-state index >= 15 is 0 Å². The quantitative estimate of drug-likeness (QED) is 0.795. The van der Waals surface area contributed by atoms with Gasteiger partial charge in [-0.15, -0.1) is 0 Å². The summed E-state index contributed by atoms with van der Waals surface area (Å²) in [6.07, 6.45) is 2.15. The summed E-state index contributed by atoms with van der Waals surface area (Å²) in [4.78, 5) is 18.1. The highest BCUT2D eigenvalue weighted by molar-refractivity contribution is 5.90. The average Bonchev–Trinajstić information content (AvgIpc) is 2.37. The van der Waals surface area contributed by atoms with Gasteiger partial charge in [-0.2, -0.15) is 0 Å². The van der Waals surface area contributed by atoms with Crippen LogP contribution in [-0.2, 0) is 4.74 Å². The van der Waals surface area contributed by atoms with Crippen molar-refractivity contribution < 1.29 is 9.53 Å². The molecular formula is C13H19N3O2. The molecule has 18 heavy (non-hydrogen) atoms. The summed E-state index contributed by atoms with van der Waals surface area (Å²) >= 11 is 0. The Morgan fingerprint density at radius 1 is 1.56 bits per heavy atom. The largest absolute Gasteiger partial charge is 0.465 e. The number of carbonyl (C=O) groups is 1. The van der Waals surface area contributed by atoms with Gasteiger partial charge >= 0.3 is 5.97 Å². The topological polar surface area (TPSA) is 68.5 Å². The van der Waals surface area contributed by atoms with Crippen molar-refractivity contribution in [2.24, 2.45) is 5.73 Å². The van der Waals surface area contributed by atoms with Crippen LogP contribution >= 0.6 is 0 Å². The third-order valence-electron chi connectivity index (χ3n) is 3.26. The van der Waals surface area contributed by atoms with Crippen LogP contribution in [0.1, 0.15) is 28.9 Å². The van der Waals surface area contributed by atoms with Crippen molar-refractivity contribution in [1.82, 2.24) is 4.98 Å². The van der Waals surface area contributed by atoms with E-state index in [-0.39, 0.29) is 12.0 Å². The summed E-state index contributed by atoms with van der Waals surface area (Å²) in [7, 11) is 1.37. The Bertz CT molecular complexity index is 448. The first kappa shape index (κ1) is 12.8. The lowest BCUT2D eigenvalue weighted by Crippen LogP contribution is -2.43. The van der Waals surface area contributed by atoms with E-state index in [4.69, 9.17) is 10.5 Å². The summed E-state index contributed by atoms with van der Waals surface area (Å²) in [5.41, 5.74) is 7.17. The number of nitrogens with two attached hydrogens (primary N) is 1. The van der Waals surface area contributed by atoms with Gasteiger partial charge in [0.2, 0.25) is 0 Å². The maximum atomic E-state index is 11.5. The van der Waals surface area contributed by atoms with Gasteiger partial charge in [0.05, 0.1) is 18.4 Å². The summed E-state index contributed by atoms with van der Waals surface area (Å²) in [6, 6.07) is 3.84. The van der Waals surface area contributed by atoms with Crippen molar-refractivity contribution >= 4 is 11.8 Å². The number of methoxy groups -OCH3 is 1. The molecule has 5 nitrogen and oxygen atoms in total. The van der Waals surface area contributed by atoms with E-state index in [1.165, 1.54) is 7.11 Å². The standard InChI is InChI=1S/C13H19N3O2/c1-9-11(13(17)18-2)5-6-12(15-9)16-7-3-4-10(14)8-16/h5-6,10H,3-4,7-8,14H2,1-2H3. The molecule has 0 spiro atoms. The molecule has 1 aromatic rings. The van der Waals surface area contributed by atoms with Crippen molar-refractivity contribution in [1.29, 1.82) is 0 Å². The molecule has 2 N–H and O–H groups in total. The number of piperidine rings is 1. The van der Waals surface area contributed by atoms with E-state index in [9.17, 15) is 4.79 Å². The lowest BCUT2D eigenvalue weighted by molar-refractivity contribution is 0.0599. The second kappa shape index (κ2) is 5.35. The molecule has 1 aromatic heterocycles. The summed E-state index contributed by atoms with van der Waals surface area (Å²) in [5.74, 6) is 0.539. The maximum Gasteiger partial charge on any atom is 0.339 e. The second-order valence-electron chi connectivity index (χ2n) is 4.64. The molecule has 5 heteroatoms. The number of carbonyl (C=O) groups excluding carboxylic acids is 1. The van der Waals surface area contributed by atoms with E-state index in [0.29, 0.717) is 11.3 Å². The van der Waals surface area contributed by atoms with Crippen LogP contribution in [0, 0.1) is 6.92 Å². The maximum absolute atomic E-state index is 11.5. The number of hydrogen-bond donors (Lipinski definition) is 1. The molecule has 0 aromatic carbocycles. The summed E-state index contributed by atoms with van der Waals surface area (Å²) in [6.45, 7) is 3.61. The van der Waals surface area contributed by atoms with E-state index in [2.05, 4.69) is 9.88 Å². The van der Waals surface area contributed by atoms with Gasteiger partial charge in [-0.1, -0.05) is 0 Å². The van der Waals surface area contributed by atoms with Crippen LogP contribution in [0.4, 0.5) is 5.82 Å². The second-order valence-corrected chi connectivity index (χ2v) is 4.64. The molecule has 98 valence electrons. The number of aryl methyl sites for hydroxylation is 1. The van der Waals surface area contributed by atoms with Crippen LogP contribution in [0.5, 0.6) is 0 Å². The smallest absolute Gasteiger partial charge is 0.339 e. The first-order valence-corrected chi connectivity index (χ1v) is 6.18. The van der Waals surface area contributed by atoms with Gasteiger partial charge in [0.15, 0.2) is 0 Å². The number of anilines is 1. The van der Waals surface area contributed by atoms with Crippen molar-refractivity contribution in [3.8, 4) is 0 Å². The minimum atomic E-state index is -0.345. The Kier molecular flexibility index (Phi) is 3.81. The van der Waals surface area contributed by atoms with E-state index in [1.807, 2.05) is 13.0 Å². The molecule has 1 fully saturated rings. The predicted molar refractivity (Wildman–Crippen MR) is 69.7 cm³/mol.